The third kappa shape index (κ3) is 2.07. The molecule has 0 spiro atoms. The lowest BCUT2D eigenvalue weighted by Gasteiger charge is -2.20. The second-order valence-corrected chi connectivity index (χ2v) is 2.92. The van der Waals surface area contributed by atoms with Crippen LogP contribution in [0.5, 0.6) is 5.75 Å². The van der Waals surface area contributed by atoms with Crippen molar-refractivity contribution in [1.82, 2.24) is 0 Å². The molecule has 0 radical (unpaired) electrons. The van der Waals surface area contributed by atoms with Crippen LogP contribution in [0.25, 0.3) is 0 Å². The van der Waals surface area contributed by atoms with E-state index in [2.05, 4.69) is 4.74 Å². The Kier molecular flexibility index (Phi) is 3.07. The zero-order valence-electron chi connectivity index (χ0n) is 7.91. The Balaban J connectivity index is 3.20. The fourth-order valence-corrected chi connectivity index (χ4v) is 1.03. The van der Waals surface area contributed by atoms with Crippen LogP contribution in [0.1, 0.15) is 5.56 Å². The van der Waals surface area contributed by atoms with Crippen molar-refractivity contribution in [3.63, 3.8) is 0 Å². The number of hydrogen-bond donors (Lipinski definition) is 0. The van der Waals surface area contributed by atoms with Gasteiger partial charge in [-0.2, -0.15) is 22.0 Å². The summed E-state index contributed by atoms with van der Waals surface area (Å²) in [7, 11) is 1.07. The molecule has 0 bridgehead atoms. The maximum Gasteiger partial charge on any atom is 0.458 e. The molecule has 1 aromatic rings. The number of methoxy groups -OCH3 is 1. The summed E-state index contributed by atoms with van der Waals surface area (Å²) in [5.41, 5.74) is -1.46. The highest BCUT2D eigenvalue weighted by Gasteiger charge is 2.58. The van der Waals surface area contributed by atoms with E-state index in [1.165, 1.54) is 0 Å². The molecule has 0 atom stereocenters. The van der Waals surface area contributed by atoms with Crippen molar-refractivity contribution in [2.75, 3.05) is 7.11 Å². The number of alkyl halides is 5. The zero-order valence-corrected chi connectivity index (χ0v) is 7.91. The molecule has 0 aromatic heterocycles. The fraction of sp³-hybridized carbons (Fsp3) is 0.333. The first-order chi connectivity index (χ1) is 7.20. The number of hydrogen-bond acceptors (Lipinski definition) is 1. The van der Waals surface area contributed by atoms with Gasteiger partial charge in [-0.25, -0.2) is 4.39 Å². The van der Waals surface area contributed by atoms with Crippen LogP contribution in [0, 0.1) is 5.82 Å². The summed E-state index contributed by atoms with van der Waals surface area (Å²) < 4.78 is 78.6. The highest BCUT2D eigenvalue weighted by atomic mass is 19.4. The lowest BCUT2D eigenvalue weighted by Crippen LogP contribution is -2.33. The predicted molar refractivity (Wildman–Crippen MR) is 42.9 cm³/mol. The van der Waals surface area contributed by atoms with Gasteiger partial charge in [0.2, 0.25) is 0 Å². The molecule has 0 amide bonds. The third-order valence-electron chi connectivity index (χ3n) is 1.87. The zero-order chi connectivity index (χ0) is 12.6. The van der Waals surface area contributed by atoms with Crippen molar-refractivity contribution < 1.29 is 31.1 Å². The Morgan fingerprint density at radius 2 is 1.62 bits per heavy atom. The molecule has 1 rings (SSSR count). The number of rotatable bonds is 2. The third-order valence-corrected chi connectivity index (χ3v) is 1.87. The molecule has 0 aliphatic rings. The SMILES string of the molecule is COc1ccc(C(F)(F)C(F)(F)F)cc1F. The second kappa shape index (κ2) is 3.88. The largest absolute Gasteiger partial charge is 0.494 e. The van der Waals surface area contributed by atoms with Crippen molar-refractivity contribution in [2.24, 2.45) is 0 Å². The van der Waals surface area contributed by atoms with Crippen molar-refractivity contribution in [3.8, 4) is 5.75 Å². The van der Waals surface area contributed by atoms with Crippen molar-refractivity contribution in [1.29, 1.82) is 0 Å². The van der Waals surface area contributed by atoms with Crippen molar-refractivity contribution in [2.45, 2.75) is 12.1 Å². The maximum absolute atomic E-state index is 12.9. The number of benzene rings is 1. The molecule has 7 heteroatoms. The van der Waals surface area contributed by atoms with Crippen LogP contribution < -0.4 is 4.74 Å². The predicted octanol–water partition coefficient (Wildman–Crippen LogP) is 3.49. The van der Waals surface area contributed by atoms with E-state index in [0.717, 1.165) is 7.11 Å². The molecule has 0 saturated heterocycles. The molecule has 0 fully saturated rings. The lowest BCUT2D eigenvalue weighted by molar-refractivity contribution is -0.289. The van der Waals surface area contributed by atoms with Gasteiger partial charge in [-0.15, -0.1) is 0 Å². The highest BCUT2D eigenvalue weighted by molar-refractivity contribution is 5.32. The van der Waals surface area contributed by atoms with Crippen molar-refractivity contribution >= 4 is 0 Å². The van der Waals surface area contributed by atoms with E-state index >= 15 is 0 Å². The Hall–Kier alpha value is -1.40. The Morgan fingerprint density at radius 1 is 1.06 bits per heavy atom. The molecule has 0 N–H and O–H groups in total. The number of halogens is 6. The van der Waals surface area contributed by atoms with E-state index < -0.39 is 29.2 Å². The van der Waals surface area contributed by atoms with Gasteiger partial charge in [-0.3, -0.25) is 0 Å². The quantitative estimate of drug-likeness (QED) is 0.723. The molecule has 1 aromatic carbocycles. The van der Waals surface area contributed by atoms with Gasteiger partial charge in [0.1, 0.15) is 0 Å². The fourth-order valence-electron chi connectivity index (χ4n) is 1.03. The summed E-state index contributed by atoms with van der Waals surface area (Å²) in [5.74, 6) is -6.76. The minimum Gasteiger partial charge on any atom is -0.494 e. The summed E-state index contributed by atoms with van der Waals surface area (Å²) in [6.07, 6.45) is -5.76. The van der Waals surface area contributed by atoms with Gasteiger partial charge in [0.15, 0.2) is 11.6 Å². The van der Waals surface area contributed by atoms with Crippen molar-refractivity contribution in [3.05, 3.63) is 29.6 Å². The van der Waals surface area contributed by atoms with Crippen LogP contribution >= 0.6 is 0 Å². The summed E-state index contributed by atoms with van der Waals surface area (Å²) in [6, 6.07) is 1.28. The average molecular weight is 244 g/mol. The summed E-state index contributed by atoms with van der Waals surface area (Å²) >= 11 is 0. The molecule has 16 heavy (non-hydrogen) atoms. The molecule has 1 nitrogen and oxygen atoms in total. The van der Waals surface area contributed by atoms with E-state index in [4.69, 9.17) is 0 Å². The highest BCUT2D eigenvalue weighted by Crippen LogP contribution is 2.44. The van der Waals surface area contributed by atoms with E-state index in [1.807, 2.05) is 0 Å². The normalized spacial score (nSPS) is 12.7. The molecule has 0 heterocycles. The van der Waals surface area contributed by atoms with E-state index in [9.17, 15) is 26.3 Å². The molecule has 90 valence electrons. The summed E-state index contributed by atoms with van der Waals surface area (Å²) in [4.78, 5) is 0. The van der Waals surface area contributed by atoms with Crippen LogP contribution in [-0.2, 0) is 5.92 Å². The van der Waals surface area contributed by atoms with E-state index in [0.29, 0.717) is 12.1 Å². The monoisotopic (exact) mass is 244 g/mol. The molecule has 0 saturated carbocycles. The van der Waals surface area contributed by atoms with Gasteiger partial charge in [0.25, 0.3) is 0 Å². The van der Waals surface area contributed by atoms with Crippen LogP contribution in [0.4, 0.5) is 26.3 Å². The van der Waals surface area contributed by atoms with Gasteiger partial charge >= 0.3 is 12.1 Å². The van der Waals surface area contributed by atoms with Gasteiger partial charge in [0, 0.05) is 5.56 Å². The Bertz CT molecular complexity index is 384. The lowest BCUT2D eigenvalue weighted by atomic mass is 10.1. The summed E-state index contributed by atoms with van der Waals surface area (Å²) in [6.45, 7) is 0. The first-order valence-corrected chi connectivity index (χ1v) is 3.98. The van der Waals surface area contributed by atoms with Crippen LogP contribution in [0.2, 0.25) is 0 Å². The minimum absolute atomic E-state index is 0.103. The molecular weight excluding hydrogens is 238 g/mol. The topological polar surface area (TPSA) is 9.23 Å². The van der Waals surface area contributed by atoms with Crippen LogP contribution in [0.3, 0.4) is 0 Å². The van der Waals surface area contributed by atoms with Crippen LogP contribution in [-0.4, -0.2) is 13.3 Å². The Labute approximate surface area is 86.6 Å². The van der Waals surface area contributed by atoms with Gasteiger partial charge in [0.05, 0.1) is 7.11 Å². The standard InChI is InChI=1S/C9H6F6O/c1-16-7-3-2-5(4-6(7)10)8(11,12)9(13,14)15/h2-4H,1H3. The van der Waals surface area contributed by atoms with E-state index in [1.54, 1.807) is 0 Å². The van der Waals surface area contributed by atoms with Crippen LogP contribution in [0.15, 0.2) is 18.2 Å². The van der Waals surface area contributed by atoms with E-state index in [-0.39, 0.29) is 6.07 Å². The maximum atomic E-state index is 12.9. The first-order valence-electron chi connectivity index (χ1n) is 3.98. The first kappa shape index (κ1) is 12.7. The molecular formula is C9H6F6O. The number of ether oxygens (including phenoxy) is 1. The molecule has 0 aliphatic heterocycles. The second-order valence-electron chi connectivity index (χ2n) is 2.92. The smallest absolute Gasteiger partial charge is 0.458 e. The average Bonchev–Trinajstić information content (AvgIpc) is 2.15. The Morgan fingerprint density at radius 3 is 2.00 bits per heavy atom. The molecule has 0 unspecified atom stereocenters. The van der Waals surface area contributed by atoms with Gasteiger partial charge < -0.3 is 4.74 Å². The molecule has 0 aliphatic carbocycles. The van der Waals surface area contributed by atoms with Gasteiger partial charge in [-0.05, 0) is 18.2 Å². The van der Waals surface area contributed by atoms with Gasteiger partial charge in [-0.1, -0.05) is 0 Å². The summed E-state index contributed by atoms with van der Waals surface area (Å²) in [5, 5.41) is 0. The minimum atomic E-state index is -5.76.